The van der Waals surface area contributed by atoms with E-state index in [1.54, 1.807) is 31.2 Å². The minimum absolute atomic E-state index is 0.0786. The van der Waals surface area contributed by atoms with Crippen molar-refractivity contribution in [3.8, 4) is 0 Å². The first-order valence-electron chi connectivity index (χ1n) is 9.65. The van der Waals surface area contributed by atoms with Crippen molar-refractivity contribution < 1.29 is 13.2 Å². The van der Waals surface area contributed by atoms with Crippen LogP contribution < -0.4 is 10.0 Å². The van der Waals surface area contributed by atoms with Crippen molar-refractivity contribution in [2.45, 2.75) is 39.5 Å². The van der Waals surface area contributed by atoms with Gasteiger partial charge in [-0.1, -0.05) is 29.8 Å². The number of carbonyl (C=O) groups excluding carboxylic acids is 1. The Morgan fingerprint density at radius 3 is 2.03 bits per heavy atom. The van der Waals surface area contributed by atoms with Crippen molar-refractivity contribution in [1.82, 2.24) is 0 Å². The Hall–Kier alpha value is -3.12. The number of nitrogens with one attached hydrogen (secondary N) is 2. The van der Waals surface area contributed by atoms with Gasteiger partial charge in [0.2, 0.25) is 0 Å². The van der Waals surface area contributed by atoms with E-state index >= 15 is 0 Å². The fourth-order valence-electron chi connectivity index (χ4n) is 3.42. The van der Waals surface area contributed by atoms with E-state index < -0.39 is 10.0 Å². The largest absolute Gasteiger partial charge is 0.322 e. The molecule has 0 spiro atoms. The maximum atomic E-state index is 13.0. The third kappa shape index (κ3) is 4.89. The van der Waals surface area contributed by atoms with Crippen LogP contribution in [0.25, 0.3) is 0 Å². The number of aryl methyl sites for hydroxylation is 5. The molecular weight excluding hydrogens is 396 g/mol. The molecule has 3 aromatic rings. The molecule has 0 aliphatic carbocycles. The summed E-state index contributed by atoms with van der Waals surface area (Å²) < 4.78 is 28.7. The quantitative estimate of drug-likeness (QED) is 0.587. The third-order valence-corrected chi connectivity index (χ3v) is 6.37. The van der Waals surface area contributed by atoms with Crippen molar-refractivity contribution in [3.63, 3.8) is 0 Å². The van der Waals surface area contributed by atoms with Gasteiger partial charge >= 0.3 is 0 Å². The van der Waals surface area contributed by atoms with Gasteiger partial charge in [0.25, 0.3) is 15.9 Å². The molecule has 0 aliphatic heterocycles. The molecule has 156 valence electrons. The highest BCUT2D eigenvalue weighted by molar-refractivity contribution is 7.92. The van der Waals surface area contributed by atoms with Crippen LogP contribution in [0.2, 0.25) is 0 Å². The number of rotatable bonds is 5. The van der Waals surface area contributed by atoms with Gasteiger partial charge in [-0.25, -0.2) is 8.42 Å². The van der Waals surface area contributed by atoms with Crippen LogP contribution in [0.5, 0.6) is 0 Å². The zero-order valence-corrected chi connectivity index (χ0v) is 18.6. The summed E-state index contributed by atoms with van der Waals surface area (Å²) in [5.41, 5.74) is 6.01. The first-order chi connectivity index (χ1) is 14.0. The molecule has 0 heterocycles. The molecule has 0 bridgehead atoms. The van der Waals surface area contributed by atoms with Crippen LogP contribution in [-0.4, -0.2) is 14.3 Å². The molecule has 0 aromatic heterocycles. The molecule has 6 heteroatoms. The molecule has 0 aliphatic rings. The summed E-state index contributed by atoms with van der Waals surface area (Å²) in [5, 5.41) is 2.86. The maximum absolute atomic E-state index is 13.0. The van der Waals surface area contributed by atoms with Gasteiger partial charge in [-0.3, -0.25) is 9.52 Å². The second-order valence-electron chi connectivity index (χ2n) is 7.73. The second kappa shape index (κ2) is 8.32. The van der Waals surface area contributed by atoms with Crippen molar-refractivity contribution in [1.29, 1.82) is 0 Å². The summed E-state index contributed by atoms with van der Waals surface area (Å²) in [6.45, 7) is 9.43. The number of hydrogen-bond donors (Lipinski definition) is 2. The van der Waals surface area contributed by atoms with E-state index in [2.05, 4.69) is 10.0 Å². The number of benzene rings is 3. The van der Waals surface area contributed by atoms with E-state index in [-0.39, 0.29) is 16.4 Å². The number of carbonyl (C=O) groups is 1. The molecule has 0 unspecified atom stereocenters. The predicted molar refractivity (Wildman–Crippen MR) is 122 cm³/mol. The van der Waals surface area contributed by atoms with Crippen molar-refractivity contribution in [2.24, 2.45) is 0 Å². The van der Waals surface area contributed by atoms with Crippen molar-refractivity contribution in [2.75, 3.05) is 10.0 Å². The van der Waals surface area contributed by atoms with Crippen LogP contribution in [0.3, 0.4) is 0 Å². The van der Waals surface area contributed by atoms with Crippen LogP contribution in [0.4, 0.5) is 11.4 Å². The Morgan fingerprint density at radius 1 is 0.733 bits per heavy atom. The summed E-state index contributed by atoms with van der Waals surface area (Å²) in [6.07, 6.45) is 0. The lowest BCUT2D eigenvalue weighted by atomic mass is 10.1. The van der Waals surface area contributed by atoms with Gasteiger partial charge in [0.15, 0.2) is 0 Å². The topological polar surface area (TPSA) is 75.3 Å². The van der Waals surface area contributed by atoms with Gasteiger partial charge in [-0.2, -0.15) is 0 Å². The lowest BCUT2D eigenvalue weighted by Gasteiger charge is -2.14. The van der Waals surface area contributed by atoms with Crippen LogP contribution in [0.1, 0.15) is 38.2 Å². The fourth-order valence-corrected chi connectivity index (χ4v) is 4.74. The smallest absolute Gasteiger partial charge is 0.262 e. The van der Waals surface area contributed by atoms with E-state index in [1.165, 1.54) is 6.07 Å². The second-order valence-corrected chi connectivity index (χ2v) is 9.39. The molecule has 0 fully saturated rings. The molecule has 5 nitrogen and oxygen atoms in total. The first kappa shape index (κ1) is 21.6. The summed E-state index contributed by atoms with van der Waals surface area (Å²) in [6, 6.07) is 16.0. The predicted octanol–water partition coefficient (Wildman–Crippen LogP) is 5.28. The number of anilines is 2. The van der Waals surface area contributed by atoms with E-state index in [0.717, 1.165) is 22.3 Å². The van der Waals surface area contributed by atoms with Crippen LogP contribution in [0, 0.1) is 34.6 Å². The molecule has 2 N–H and O–H groups in total. The number of hydrogen-bond acceptors (Lipinski definition) is 3. The van der Waals surface area contributed by atoms with E-state index in [1.807, 2.05) is 52.0 Å². The van der Waals surface area contributed by atoms with E-state index in [4.69, 9.17) is 0 Å². The number of sulfonamides is 1. The Labute approximate surface area is 178 Å². The van der Waals surface area contributed by atoms with Gasteiger partial charge in [-0.15, -0.1) is 0 Å². The minimum atomic E-state index is -3.85. The summed E-state index contributed by atoms with van der Waals surface area (Å²) in [7, 11) is -3.85. The summed E-state index contributed by atoms with van der Waals surface area (Å²) in [5.74, 6) is -0.357. The standard InChI is InChI=1S/C24H26N2O3S/c1-15-6-9-22(19(5)11-15)25-24(27)20-8-7-18(4)23(14-20)30(28,29)26-21-12-16(2)10-17(3)13-21/h6-14,26H,1-5H3,(H,25,27). The van der Waals surface area contributed by atoms with Crippen LogP contribution in [0.15, 0.2) is 59.5 Å². The minimum Gasteiger partial charge on any atom is -0.322 e. The lowest BCUT2D eigenvalue weighted by Crippen LogP contribution is -2.17. The highest BCUT2D eigenvalue weighted by atomic mass is 32.2. The summed E-state index contributed by atoms with van der Waals surface area (Å²) >= 11 is 0. The van der Waals surface area contributed by atoms with Gasteiger partial charge in [-0.05, 0) is 87.2 Å². The van der Waals surface area contributed by atoms with Crippen LogP contribution >= 0.6 is 0 Å². The fraction of sp³-hybridized carbons (Fsp3) is 0.208. The van der Waals surface area contributed by atoms with E-state index in [0.29, 0.717) is 16.9 Å². The molecule has 0 saturated carbocycles. The zero-order chi connectivity index (χ0) is 22.1. The van der Waals surface area contributed by atoms with E-state index in [9.17, 15) is 13.2 Å². The Bertz CT molecular complexity index is 1210. The van der Waals surface area contributed by atoms with Crippen molar-refractivity contribution in [3.05, 3.63) is 88.0 Å². The number of amides is 1. The Kier molecular flexibility index (Phi) is 5.99. The van der Waals surface area contributed by atoms with Gasteiger partial charge in [0.05, 0.1) is 4.90 Å². The molecule has 0 atom stereocenters. The molecule has 30 heavy (non-hydrogen) atoms. The monoisotopic (exact) mass is 422 g/mol. The average Bonchev–Trinajstić information content (AvgIpc) is 2.62. The lowest BCUT2D eigenvalue weighted by molar-refractivity contribution is 0.102. The van der Waals surface area contributed by atoms with Gasteiger partial charge in [0.1, 0.15) is 0 Å². The zero-order valence-electron chi connectivity index (χ0n) is 17.8. The van der Waals surface area contributed by atoms with Gasteiger partial charge < -0.3 is 5.32 Å². The highest BCUT2D eigenvalue weighted by Crippen LogP contribution is 2.23. The highest BCUT2D eigenvalue weighted by Gasteiger charge is 2.20. The SMILES string of the molecule is Cc1cc(C)cc(NS(=O)(=O)c2cc(C(=O)Nc3ccc(C)cc3C)ccc2C)c1. The molecule has 0 saturated heterocycles. The first-order valence-corrected chi connectivity index (χ1v) is 11.1. The third-order valence-electron chi connectivity index (χ3n) is 4.84. The Morgan fingerprint density at radius 2 is 1.40 bits per heavy atom. The summed E-state index contributed by atoms with van der Waals surface area (Å²) in [4.78, 5) is 12.8. The maximum Gasteiger partial charge on any atom is 0.262 e. The molecular formula is C24H26N2O3S. The Balaban J connectivity index is 1.91. The molecule has 0 radical (unpaired) electrons. The average molecular weight is 423 g/mol. The molecule has 1 amide bonds. The molecule has 3 rings (SSSR count). The molecule has 3 aromatic carbocycles. The van der Waals surface area contributed by atoms with Crippen molar-refractivity contribution >= 4 is 27.3 Å². The normalized spacial score (nSPS) is 11.2. The van der Waals surface area contributed by atoms with Gasteiger partial charge in [0, 0.05) is 16.9 Å². The van der Waals surface area contributed by atoms with Crippen LogP contribution in [-0.2, 0) is 10.0 Å².